The van der Waals surface area contributed by atoms with E-state index >= 15 is 0 Å². The summed E-state index contributed by atoms with van der Waals surface area (Å²) in [5.74, 6) is 0.0269. The first-order chi connectivity index (χ1) is 7.97. The van der Waals surface area contributed by atoms with Crippen LogP contribution in [0.25, 0.3) is 6.08 Å². The summed E-state index contributed by atoms with van der Waals surface area (Å²) in [6.07, 6.45) is 4.98. The molecule has 0 fully saturated rings. The topological polar surface area (TPSA) is 68.5 Å². The minimum Gasteiger partial charge on any atom is -0.476 e. The number of hydrogen-bond donors (Lipinski definition) is 0. The fourth-order valence-corrected chi connectivity index (χ4v) is 1.35. The molecule has 0 saturated heterocycles. The molecule has 6 heteroatoms. The largest absolute Gasteiger partial charge is 0.476 e. The third-order valence-electron chi connectivity index (χ3n) is 2.17. The summed E-state index contributed by atoms with van der Waals surface area (Å²) in [5.41, 5.74) is 1.14. The highest BCUT2D eigenvalue weighted by molar-refractivity contribution is 5.67. The second-order valence-electron chi connectivity index (χ2n) is 3.75. The summed E-state index contributed by atoms with van der Waals surface area (Å²) in [6, 6.07) is 0. The average molecular weight is 237 g/mol. The number of aryl methyl sites for hydroxylation is 1. The molecule has 0 saturated carbocycles. The average Bonchev–Trinajstić information content (AvgIpc) is 2.26. The van der Waals surface area contributed by atoms with E-state index in [1.54, 1.807) is 30.3 Å². The van der Waals surface area contributed by atoms with Gasteiger partial charge in [0.25, 0.3) is 5.88 Å². The first-order valence-corrected chi connectivity index (χ1v) is 5.00. The molecule has 0 aliphatic rings. The lowest BCUT2D eigenvalue weighted by Gasteiger charge is -2.07. The van der Waals surface area contributed by atoms with Gasteiger partial charge >= 0.3 is 5.69 Å². The van der Waals surface area contributed by atoms with Crippen molar-refractivity contribution in [3.8, 4) is 5.88 Å². The molecule has 1 rings (SSSR count). The minimum atomic E-state index is -0.478. The fraction of sp³-hybridized carbons (Fsp3) is 0.364. The van der Waals surface area contributed by atoms with Gasteiger partial charge in [0.05, 0.1) is 17.6 Å². The Balaban J connectivity index is 3.39. The Kier molecular flexibility index (Phi) is 4.03. The van der Waals surface area contributed by atoms with E-state index in [0.717, 1.165) is 5.56 Å². The molecule has 6 nitrogen and oxygen atoms in total. The zero-order chi connectivity index (χ0) is 13.0. The number of aromatic nitrogens is 1. The number of nitrogens with zero attached hydrogens (tertiary/aromatic N) is 3. The summed E-state index contributed by atoms with van der Waals surface area (Å²) in [5, 5.41) is 11.0. The molecule has 17 heavy (non-hydrogen) atoms. The zero-order valence-corrected chi connectivity index (χ0v) is 10.3. The first-order valence-electron chi connectivity index (χ1n) is 5.00. The van der Waals surface area contributed by atoms with Gasteiger partial charge in [-0.05, 0) is 24.8 Å². The molecule has 0 bridgehead atoms. The van der Waals surface area contributed by atoms with E-state index in [1.165, 1.54) is 7.11 Å². The SMILES string of the molecule is COc1ncc(C)c(/C=C/N(C)C)c1[N+](=O)[O-]. The van der Waals surface area contributed by atoms with Crippen molar-refractivity contribution >= 4 is 11.8 Å². The van der Waals surface area contributed by atoms with Crippen molar-refractivity contribution in [3.05, 3.63) is 33.6 Å². The number of methoxy groups -OCH3 is 1. The van der Waals surface area contributed by atoms with Crippen molar-refractivity contribution < 1.29 is 9.66 Å². The maximum absolute atomic E-state index is 11.0. The van der Waals surface area contributed by atoms with Gasteiger partial charge in [-0.2, -0.15) is 0 Å². The molecule has 1 aromatic heterocycles. The Morgan fingerprint density at radius 1 is 1.53 bits per heavy atom. The number of rotatable bonds is 4. The van der Waals surface area contributed by atoms with Crippen molar-refractivity contribution in [3.63, 3.8) is 0 Å². The third kappa shape index (κ3) is 2.93. The molecule has 0 atom stereocenters. The van der Waals surface area contributed by atoms with Gasteiger partial charge in [-0.3, -0.25) is 10.1 Å². The maximum atomic E-state index is 11.0. The lowest BCUT2D eigenvalue weighted by Crippen LogP contribution is -2.03. The van der Waals surface area contributed by atoms with Crippen LogP contribution in [0.1, 0.15) is 11.1 Å². The molecule has 1 heterocycles. The van der Waals surface area contributed by atoms with Crippen LogP contribution in [-0.2, 0) is 0 Å². The second kappa shape index (κ2) is 5.29. The van der Waals surface area contributed by atoms with Gasteiger partial charge in [-0.15, -0.1) is 0 Å². The molecule has 0 N–H and O–H groups in total. The number of hydrogen-bond acceptors (Lipinski definition) is 5. The van der Waals surface area contributed by atoms with Crippen LogP contribution in [0.2, 0.25) is 0 Å². The van der Waals surface area contributed by atoms with Crippen LogP contribution in [0.3, 0.4) is 0 Å². The van der Waals surface area contributed by atoms with E-state index in [4.69, 9.17) is 4.74 Å². The van der Waals surface area contributed by atoms with E-state index in [1.807, 2.05) is 14.1 Å². The first kappa shape index (κ1) is 13.0. The number of pyridine rings is 1. The van der Waals surface area contributed by atoms with Crippen molar-refractivity contribution in [1.29, 1.82) is 0 Å². The van der Waals surface area contributed by atoms with Crippen LogP contribution in [-0.4, -0.2) is 36.0 Å². The van der Waals surface area contributed by atoms with Crippen molar-refractivity contribution in [2.24, 2.45) is 0 Å². The highest BCUT2D eigenvalue weighted by Crippen LogP contribution is 2.31. The standard InChI is InChI=1S/C11H15N3O3/c1-8-7-12-11(17-4)10(14(15)16)9(8)5-6-13(2)3/h5-7H,1-4H3/b6-5+. The van der Waals surface area contributed by atoms with Gasteiger partial charge in [0.1, 0.15) is 0 Å². The van der Waals surface area contributed by atoms with Crippen LogP contribution in [0.5, 0.6) is 5.88 Å². The highest BCUT2D eigenvalue weighted by atomic mass is 16.6. The third-order valence-corrected chi connectivity index (χ3v) is 2.17. The van der Waals surface area contributed by atoms with Gasteiger partial charge in [0.15, 0.2) is 0 Å². The lowest BCUT2D eigenvalue weighted by molar-refractivity contribution is -0.386. The Bertz CT molecular complexity index is 456. The van der Waals surface area contributed by atoms with Gasteiger partial charge in [0, 0.05) is 20.3 Å². The molecular weight excluding hydrogens is 222 g/mol. The van der Waals surface area contributed by atoms with Gasteiger partial charge in [-0.25, -0.2) is 4.98 Å². The van der Waals surface area contributed by atoms with Crippen molar-refractivity contribution in [2.75, 3.05) is 21.2 Å². The Labute approximate surface area is 99.7 Å². The summed E-state index contributed by atoms with van der Waals surface area (Å²) in [6.45, 7) is 1.77. The van der Waals surface area contributed by atoms with Gasteiger partial charge in [0.2, 0.25) is 0 Å². The van der Waals surface area contributed by atoms with Gasteiger partial charge < -0.3 is 9.64 Å². The Morgan fingerprint density at radius 2 is 2.18 bits per heavy atom. The summed E-state index contributed by atoms with van der Waals surface area (Å²) < 4.78 is 4.91. The summed E-state index contributed by atoms with van der Waals surface area (Å²) in [4.78, 5) is 16.3. The van der Waals surface area contributed by atoms with Crippen LogP contribution < -0.4 is 4.74 Å². The van der Waals surface area contributed by atoms with Crippen LogP contribution >= 0.6 is 0 Å². The quantitative estimate of drug-likeness (QED) is 0.590. The maximum Gasteiger partial charge on any atom is 0.338 e. The minimum absolute atomic E-state index is 0.0269. The van der Waals surface area contributed by atoms with Gasteiger partial charge in [-0.1, -0.05) is 0 Å². The summed E-state index contributed by atoms with van der Waals surface area (Å²) in [7, 11) is 5.05. The predicted octanol–water partition coefficient (Wildman–Crippen LogP) is 1.84. The molecule has 0 amide bonds. The van der Waals surface area contributed by atoms with Crippen LogP contribution in [0.4, 0.5) is 5.69 Å². The Hall–Kier alpha value is -2.11. The summed E-state index contributed by atoms with van der Waals surface area (Å²) >= 11 is 0. The van der Waals surface area contributed by atoms with E-state index < -0.39 is 4.92 Å². The van der Waals surface area contributed by atoms with E-state index in [9.17, 15) is 10.1 Å². The molecule has 92 valence electrons. The molecule has 0 spiro atoms. The van der Waals surface area contributed by atoms with Crippen molar-refractivity contribution in [2.45, 2.75) is 6.92 Å². The van der Waals surface area contributed by atoms with E-state index in [2.05, 4.69) is 4.98 Å². The number of ether oxygens (including phenoxy) is 1. The normalized spacial score (nSPS) is 10.6. The monoisotopic (exact) mass is 237 g/mol. The molecule has 0 aliphatic heterocycles. The molecule has 1 aromatic rings. The van der Waals surface area contributed by atoms with E-state index in [0.29, 0.717) is 5.56 Å². The Morgan fingerprint density at radius 3 is 2.65 bits per heavy atom. The predicted molar refractivity (Wildman–Crippen MR) is 64.9 cm³/mol. The molecular formula is C11H15N3O3. The number of nitro groups is 1. The molecule has 0 aromatic carbocycles. The fourth-order valence-electron chi connectivity index (χ4n) is 1.35. The van der Waals surface area contributed by atoms with Crippen LogP contribution in [0.15, 0.2) is 12.4 Å². The highest BCUT2D eigenvalue weighted by Gasteiger charge is 2.22. The second-order valence-corrected chi connectivity index (χ2v) is 3.75. The molecule has 0 aliphatic carbocycles. The zero-order valence-electron chi connectivity index (χ0n) is 10.3. The van der Waals surface area contributed by atoms with Crippen LogP contribution in [0, 0.1) is 17.0 Å². The van der Waals surface area contributed by atoms with E-state index in [-0.39, 0.29) is 11.6 Å². The smallest absolute Gasteiger partial charge is 0.338 e. The van der Waals surface area contributed by atoms with Crippen molar-refractivity contribution in [1.82, 2.24) is 9.88 Å². The lowest BCUT2D eigenvalue weighted by atomic mass is 10.1. The molecule has 0 radical (unpaired) electrons. The molecule has 0 unspecified atom stereocenters.